The lowest BCUT2D eigenvalue weighted by Crippen LogP contribution is -1.63. The molecule has 0 fully saturated rings. The van der Waals surface area contributed by atoms with Gasteiger partial charge < -0.3 is 0 Å². The molecule has 4 rings (SSSR count). The molecular formula is C19H14OS7. The molecule has 0 bridgehead atoms. The topological polar surface area (TPSA) is 17.1 Å². The van der Waals surface area contributed by atoms with Gasteiger partial charge in [-0.05, 0) is 55.0 Å². The van der Waals surface area contributed by atoms with Gasteiger partial charge >= 0.3 is 0 Å². The van der Waals surface area contributed by atoms with E-state index in [-0.39, 0.29) is 0 Å². The molecule has 0 N–H and O–H groups in total. The molecule has 3 aromatic heterocycles. The zero-order valence-electron chi connectivity index (χ0n) is 14.4. The molecule has 138 valence electrons. The first-order valence-corrected chi connectivity index (χ1v) is 14.4. The van der Waals surface area contributed by atoms with E-state index >= 15 is 0 Å². The molecule has 0 spiro atoms. The molecule has 0 unspecified atom stereocenters. The summed E-state index contributed by atoms with van der Waals surface area (Å²) in [5.74, 6) is 0. The maximum absolute atomic E-state index is 10.9. The number of thioether (sulfide) groups is 4. The van der Waals surface area contributed by atoms with Gasteiger partial charge in [0.05, 0.1) is 17.6 Å². The predicted octanol–water partition coefficient (Wildman–Crippen LogP) is 8.65. The quantitative estimate of drug-likeness (QED) is 0.326. The standard InChI is InChI=1S/C19H14OS7/c1-21-18-19(22-2)27-17(26-18)9-11-3-5-13(23-11)15-7-8-16(25-15)14-6-4-12(10-20)24-14/h3-10H,1-2H3. The molecule has 0 aliphatic carbocycles. The van der Waals surface area contributed by atoms with Crippen molar-refractivity contribution in [3.05, 3.63) is 58.9 Å². The smallest absolute Gasteiger partial charge is 0.160 e. The van der Waals surface area contributed by atoms with Crippen molar-refractivity contribution in [3.63, 3.8) is 0 Å². The molecule has 0 amide bonds. The van der Waals surface area contributed by atoms with Crippen LogP contribution in [0.4, 0.5) is 0 Å². The number of carbonyl (C=O) groups excluding carboxylic acids is 1. The van der Waals surface area contributed by atoms with E-state index in [0.717, 1.165) is 16.0 Å². The number of aldehydes is 1. The van der Waals surface area contributed by atoms with Gasteiger partial charge in [0.1, 0.15) is 0 Å². The van der Waals surface area contributed by atoms with Crippen LogP contribution < -0.4 is 0 Å². The van der Waals surface area contributed by atoms with Gasteiger partial charge in [-0.25, -0.2) is 0 Å². The van der Waals surface area contributed by atoms with E-state index in [4.69, 9.17) is 0 Å². The first-order valence-electron chi connectivity index (χ1n) is 7.85. The summed E-state index contributed by atoms with van der Waals surface area (Å²) in [5, 5.41) is 0. The predicted molar refractivity (Wildman–Crippen MR) is 134 cm³/mol. The Bertz CT molecular complexity index is 1020. The third-order valence-electron chi connectivity index (χ3n) is 3.65. The number of hydrogen-bond acceptors (Lipinski definition) is 8. The molecule has 0 saturated carbocycles. The molecule has 1 aliphatic heterocycles. The third-order valence-corrected chi connectivity index (χ3v) is 12.2. The largest absolute Gasteiger partial charge is 0.297 e. The number of rotatable bonds is 6. The number of thiophene rings is 3. The third kappa shape index (κ3) is 4.47. The lowest BCUT2D eigenvalue weighted by Gasteiger charge is -1.94. The zero-order valence-corrected chi connectivity index (χ0v) is 20.1. The van der Waals surface area contributed by atoms with Crippen LogP contribution in [0.1, 0.15) is 14.5 Å². The van der Waals surface area contributed by atoms with Crippen molar-refractivity contribution in [1.82, 2.24) is 0 Å². The van der Waals surface area contributed by atoms with Crippen molar-refractivity contribution in [2.45, 2.75) is 0 Å². The average molecular weight is 483 g/mol. The van der Waals surface area contributed by atoms with Gasteiger partial charge in [-0.1, -0.05) is 23.5 Å². The SMILES string of the molecule is CSC1=C(SC)SC(=Cc2ccc(-c3ccc(-c4ccc(C=O)s4)s3)s2)S1. The molecule has 1 aliphatic rings. The number of hydrogen-bond donors (Lipinski definition) is 0. The summed E-state index contributed by atoms with van der Waals surface area (Å²) in [7, 11) is 0. The van der Waals surface area contributed by atoms with Crippen LogP contribution in [-0.4, -0.2) is 18.8 Å². The molecule has 1 nitrogen and oxygen atoms in total. The Balaban J connectivity index is 1.52. The molecule has 0 saturated heterocycles. The van der Waals surface area contributed by atoms with Gasteiger partial charge in [0.2, 0.25) is 0 Å². The van der Waals surface area contributed by atoms with Crippen LogP contribution in [0.3, 0.4) is 0 Å². The average Bonchev–Trinajstić information content (AvgIpc) is 3.45. The van der Waals surface area contributed by atoms with Crippen molar-refractivity contribution < 1.29 is 4.79 Å². The van der Waals surface area contributed by atoms with E-state index in [0.29, 0.717) is 0 Å². The second kappa shape index (κ2) is 8.98. The number of carbonyl (C=O) groups is 1. The highest BCUT2D eigenvalue weighted by molar-refractivity contribution is 8.40. The van der Waals surface area contributed by atoms with E-state index in [9.17, 15) is 4.79 Å². The van der Waals surface area contributed by atoms with Gasteiger partial charge in [-0.15, -0.1) is 57.5 Å². The summed E-state index contributed by atoms with van der Waals surface area (Å²) in [6.45, 7) is 0. The molecular weight excluding hydrogens is 469 g/mol. The second-order valence-electron chi connectivity index (χ2n) is 5.34. The maximum Gasteiger partial charge on any atom is 0.160 e. The highest BCUT2D eigenvalue weighted by Gasteiger charge is 2.20. The molecule has 27 heavy (non-hydrogen) atoms. The monoisotopic (exact) mass is 482 g/mol. The summed E-state index contributed by atoms with van der Waals surface area (Å²) in [6.07, 6.45) is 7.50. The van der Waals surface area contributed by atoms with E-state index in [2.05, 4.69) is 42.9 Å². The van der Waals surface area contributed by atoms with Gasteiger partial charge in [0.25, 0.3) is 0 Å². The van der Waals surface area contributed by atoms with Gasteiger partial charge in [0, 0.05) is 24.4 Å². The minimum atomic E-state index is 0.777. The fraction of sp³-hybridized carbons (Fsp3) is 0.105. The molecule has 0 aromatic carbocycles. The zero-order chi connectivity index (χ0) is 18.8. The lowest BCUT2D eigenvalue weighted by molar-refractivity contribution is 0.112. The van der Waals surface area contributed by atoms with Crippen LogP contribution in [0.2, 0.25) is 0 Å². The minimum Gasteiger partial charge on any atom is -0.297 e. The molecule has 0 atom stereocenters. The Morgan fingerprint density at radius 1 is 0.704 bits per heavy atom. The second-order valence-corrected chi connectivity index (χ2v) is 13.2. The minimum absolute atomic E-state index is 0.777. The fourth-order valence-corrected chi connectivity index (χ4v) is 10.5. The summed E-state index contributed by atoms with van der Waals surface area (Å²) < 4.78 is 4.16. The maximum atomic E-state index is 10.9. The Morgan fingerprint density at radius 2 is 1.19 bits per heavy atom. The molecule has 3 aromatic rings. The Kier molecular flexibility index (Phi) is 6.64. The highest BCUT2D eigenvalue weighted by atomic mass is 32.3. The van der Waals surface area contributed by atoms with Crippen LogP contribution >= 0.6 is 81.1 Å². The first-order chi connectivity index (χ1) is 13.2. The molecule has 0 radical (unpaired) electrons. The van der Waals surface area contributed by atoms with Crippen LogP contribution in [-0.2, 0) is 0 Å². The van der Waals surface area contributed by atoms with Gasteiger partial charge in [-0.2, -0.15) is 0 Å². The van der Waals surface area contributed by atoms with Gasteiger partial charge in [-0.3, -0.25) is 4.79 Å². The van der Waals surface area contributed by atoms with Crippen molar-refractivity contribution in [2.24, 2.45) is 0 Å². The van der Waals surface area contributed by atoms with Crippen LogP contribution in [0.15, 0.2) is 49.1 Å². The Morgan fingerprint density at radius 3 is 1.70 bits per heavy atom. The summed E-state index contributed by atoms with van der Waals surface area (Å²) in [6, 6.07) is 12.7. The van der Waals surface area contributed by atoms with Crippen molar-refractivity contribution in [3.8, 4) is 19.5 Å². The Labute approximate surface area is 187 Å². The fourth-order valence-electron chi connectivity index (χ4n) is 2.43. The van der Waals surface area contributed by atoms with Crippen LogP contribution in [0.25, 0.3) is 25.6 Å². The highest BCUT2D eigenvalue weighted by Crippen LogP contribution is 2.57. The van der Waals surface area contributed by atoms with Crippen LogP contribution in [0, 0.1) is 0 Å². The van der Waals surface area contributed by atoms with Crippen molar-refractivity contribution >= 4 is 93.4 Å². The van der Waals surface area contributed by atoms with E-state index in [1.54, 1.807) is 22.7 Å². The van der Waals surface area contributed by atoms with Crippen molar-refractivity contribution in [1.29, 1.82) is 0 Å². The lowest BCUT2D eigenvalue weighted by atomic mass is 10.3. The summed E-state index contributed by atoms with van der Waals surface area (Å²) in [5.41, 5.74) is 0. The molecule has 4 heterocycles. The summed E-state index contributed by atoms with van der Waals surface area (Å²) >= 11 is 12.6. The van der Waals surface area contributed by atoms with Crippen molar-refractivity contribution in [2.75, 3.05) is 12.5 Å². The normalized spacial score (nSPS) is 14.2. The van der Waals surface area contributed by atoms with E-state index < -0.39 is 0 Å². The van der Waals surface area contributed by atoms with E-state index in [1.165, 1.54) is 32.2 Å². The summed E-state index contributed by atoms with van der Waals surface area (Å²) in [4.78, 5) is 17.9. The molecule has 8 heteroatoms. The Hall–Kier alpha value is -0.350. The van der Waals surface area contributed by atoms with Crippen LogP contribution in [0.5, 0.6) is 0 Å². The first kappa shape index (κ1) is 19.9. The van der Waals surface area contributed by atoms with E-state index in [1.807, 2.05) is 70.5 Å². The van der Waals surface area contributed by atoms with Gasteiger partial charge in [0.15, 0.2) is 6.29 Å².